The lowest BCUT2D eigenvalue weighted by molar-refractivity contribution is 0.533. The molecule has 0 aliphatic carbocycles. The van der Waals surface area contributed by atoms with E-state index in [9.17, 15) is 4.39 Å². The highest BCUT2D eigenvalue weighted by molar-refractivity contribution is 9.10. The summed E-state index contributed by atoms with van der Waals surface area (Å²) in [4.78, 5) is 0. The van der Waals surface area contributed by atoms with Gasteiger partial charge in [-0.2, -0.15) is 0 Å². The number of halogens is 2. The lowest BCUT2D eigenvalue weighted by Crippen LogP contribution is -2.29. The van der Waals surface area contributed by atoms with Gasteiger partial charge in [-0.1, -0.05) is 5.21 Å². The van der Waals surface area contributed by atoms with Crippen LogP contribution in [-0.2, 0) is 5.54 Å². The molecule has 96 valence electrons. The van der Waals surface area contributed by atoms with Crippen molar-refractivity contribution >= 4 is 15.9 Å². The number of nitrogens with two attached hydrogens (primary N) is 1. The molecule has 1 aromatic carbocycles. The highest BCUT2D eigenvalue weighted by Gasteiger charge is 2.19. The van der Waals surface area contributed by atoms with E-state index in [4.69, 9.17) is 5.73 Å². The van der Waals surface area contributed by atoms with Crippen molar-refractivity contribution in [1.82, 2.24) is 15.0 Å². The molecule has 0 aliphatic rings. The lowest BCUT2D eigenvalue weighted by Gasteiger charge is -2.13. The fraction of sp³-hybridized carbons (Fsp3) is 0.333. The highest BCUT2D eigenvalue weighted by atomic mass is 79.9. The molecule has 0 saturated carbocycles. The van der Waals surface area contributed by atoms with Gasteiger partial charge in [0, 0.05) is 0 Å². The zero-order chi connectivity index (χ0) is 13.5. The summed E-state index contributed by atoms with van der Waals surface area (Å²) in [7, 11) is 0. The van der Waals surface area contributed by atoms with Gasteiger partial charge in [0.2, 0.25) is 0 Å². The van der Waals surface area contributed by atoms with E-state index < -0.39 is 5.54 Å². The molecular weight excluding hydrogens is 299 g/mol. The molecule has 0 amide bonds. The monoisotopic (exact) mass is 312 g/mol. The summed E-state index contributed by atoms with van der Waals surface area (Å²) >= 11 is 3.16. The zero-order valence-corrected chi connectivity index (χ0v) is 12.0. The van der Waals surface area contributed by atoms with E-state index in [2.05, 4.69) is 26.2 Å². The van der Waals surface area contributed by atoms with Gasteiger partial charge in [-0.3, -0.25) is 0 Å². The van der Waals surface area contributed by atoms with Crippen molar-refractivity contribution in [3.8, 4) is 5.69 Å². The quantitative estimate of drug-likeness (QED) is 0.927. The van der Waals surface area contributed by atoms with E-state index in [1.54, 1.807) is 16.9 Å². The van der Waals surface area contributed by atoms with Crippen LogP contribution in [-0.4, -0.2) is 15.0 Å². The Labute approximate surface area is 113 Å². The predicted octanol–water partition coefficient (Wildman–Crippen LogP) is 2.67. The van der Waals surface area contributed by atoms with Crippen LogP contribution in [0.4, 0.5) is 4.39 Å². The third-order valence-corrected chi connectivity index (χ3v) is 3.25. The number of hydrogen-bond donors (Lipinski definition) is 1. The maximum absolute atomic E-state index is 13.4. The average molecular weight is 313 g/mol. The van der Waals surface area contributed by atoms with Gasteiger partial charge < -0.3 is 5.73 Å². The molecule has 2 rings (SSSR count). The molecule has 0 radical (unpaired) electrons. The molecule has 1 heterocycles. The van der Waals surface area contributed by atoms with Crippen LogP contribution in [0.25, 0.3) is 5.69 Å². The highest BCUT2D eigenvalue weighted by Crippen LogP contribution is 2.23. The minimum atomic E-state index is -0.552. The van der Waals surface area contributed by atoms with Crippen LogP contribution in [0.15, 0.2) is 22.8 Å². The van der Waals surface area contributed by atoms with E-state index in [-0.39, 0.29) is 5.82 Å². The summed E-state index contributed by atoms with van der Waals surface area (Å²) in [5.74, 6) is -0.296. The van der Waals surface area contributed by atoms with Gasteiger partial charge in [-0.15, -0.1) is 5.10 Å². The Balaban J connectivity index is 2.50. The number of hydrogen-bond acceptors (Lipinski definition) is 3. The smallest absolute Gasteiger partial charge is 0.137 e. The molecule has 0 atom stereocenters. The third kappa shape index (κ3) is 2.44. The summed E-state index contributed by atoms with van der Waals surface area (Å²) in [6, 6.07) is 3.13. The molecule has 1 aromatic heterocycles. The molecule has 0 saturated heterocycles. The van der Waals surface area contributed by atoms with Gasteiger partial charge in [-0.05, 0) is 54.4 Å². The summed E-state index contributed by atoms with van der Waals surface area (Å²) in [5, 5.41) is 8.06. The molecule has 2 N–H and O–H groups in total. The first-order chi connectivity index (χ1) is 8.29. The Morgan fingerprint density at radius 3 is 2.61 bits per heavy atom. The Hall–Kier alpha value is -1.27. The Morgan fingerprint density at radius 1 is 1.39 bits per heavy atom. The number of nitrogens with zero attached hydrogens (tertiary/aromatic N) is 3. The standard InChI is InChI=1S/C12H14BrFN4/c1-7-4-9(14)8(13)5-10(7)18-6-11(16-17-18)12(2,3)15/h4-6H,15H2,1-3H3. The molecule has 4 nitrogen and oxygen atoms in total. The van der Waals surface area contributed by atoms with Crippen molar-refractivity contribution in [2.75, 3.05) is 0 Å². The van der Waals surface area contributed by atoms with E-state index in [0.29, 0.717) is 10.2 Å². The second-order valence-corrected chi connectivity index (χ2v) is 5.68. The van der Waals surface area contributed by atoms with Gasteiger partial charge in [0.1, 0.15) is 11.5 Å². The normalized spacial score (nSPS) is 11.9. The van der Waals surface area contributed by atoms with Gasteiger partial charge >= 0.3 is 0 Å². The summed E-state index contributed by atoms with van der Waals surface area (Å²) in [6.45, 7) is 5.53. The zero-order valence-electron chi connectivity index (χ0n) is 10.4. The van der Waals surface area contributed by atoms with Crippen LogP contribution in [0.1, 0.15) is 25.1 Å². The topological polar surface area (TPSA) is 56.7 Å². The first-order valence-corrected chi connectivity index (χ1v) is 6.26. The number of benzene rings is 1. The van der Waals surface area contributed by atoms with Crippen molar-refractivity contribution in [3.05, 3.63) is 39.9 Å². The summed E-state index contributed by atoms with van der Waals surface area (Å²) in [5.41, 5.74) is 7.64. The first kappa shape index (κ1) is 13.2. The van der Waals surface area contributed by atoms with E-state index in [1.807, 2.05) is 20.8 Å². The van der Waals surface area contributed by atoms with Gasteiger partial charge in [-0.25, -0.2) is 9.07 Å². The molecule has 0 spiro atoms. The minimum absolute atomic E-state index is 0.296. The van der Waals surface area contributed by atoms with Crippen LogP contribution in [0, 0.1) is 12.7 Å². The van der Waals surface area contributed by atoms with Crippen LogP contribution >= 0.6 is 15.9 Å². The number of aromatic nitrogens is 3. The predicted molar refractivity (Wildman–Crippen MR) is 71.0 cm³/mol. The van der Waals surface area contributed by atoms with Crippen LogP contribution in [0.5, 0.6) is 0 Å². The van der Waals surface area contributed by atoms with Crippen molar-refractivity contribution in [2.24, 2.45) is 5.73 Å². The molecule has 6 heteroatoms. The van der Waals surface area contributed by atoms with Crippen LogP contribution < -0.4 is 5.73 Å². The Bertz CT molecular complexity index is 586. The average Bonchev–Trinajstić information content (AvgIpc) is 2.72. The molecule has 2 aromatic rings. The maximum atomic E-state index is 13.4. The second-order valence-electron chi connectivity index (χ2n) is 4.82. The van der Waals surface area contributed by atoms with Gasteiger partial charge in [0.05, 0.1) is 21.9 Å². The third-order valence-electron chi connectivity index (χ3n) is 2.64. The number of aryl methyl sites for hydroxylation is 1. The van der Waals surface area contributed by atoms with E-state index >= 15 is 0 Å². The number of rotatable bonds is 2. The van der Waals surface area contributed by atoms with Crippen molar-refractivity contribution < 1.29 is 4.39 Å². The first-order valence-electron chi connectivity index (χ1n) is 5.47. The van der Waals surface area contributed by atoms with E-state index in [0.717, 1.165) is 11.3 Å². The molecular formula is C12H14BrFN4. The molecule has 0 aliphatic heterocycles. The Kier molecular flexibility index (Phi) is 3.25. The minimum Gasteiger partial charge on any atom is -0.320 e. The Morgan fingerprint density at radius 2 is 2.06 bits per heavy atom. The molecule has 0 unspecified atom stereocenters. The van der Waals surface area contributed by atoms with Crippen molar-refractivity contribution in [3.63, 3.8) is 0 Å². The fourth-order valence-corrected chi connectivity index (χ4v) is 1.89. The summed E-state index contributed by atoms with van der Waals surface area (Å²) < 4.78 is 15.4. The lowest BCUT2D eigenvalue weighted by atomic mass is 10.0. The van der Waals surface area contributed by atoms with Crippen LogP contribution in [0.3, 0.4) is 0 Å². The van der Waals surface area contributed by atoms with Crippen LogP contribution in [0.2, 0.25) is 0 Å². The SMILES string of the molecule is Cc1cc(F)c(Br)cc1-n1cc(C(C)(C)N)nn1. The largest absolute Gasteiger partial charge is 0.320 e. The van der Waals surface area contributed by atoms with Crippen molar-refractivity contribution in [1.29, 1.82) is 0 Å². The maximum Gasteiger partial charge on any atom is 0.137 e. The fourth-order valence-electron chi connectivity index (χ4n) is 1.56. The second kappa shape index (κ2) is 4.44. The van der Waals surface area contributed by atoms with Gasteiger partial charge in [0.15, 0.2) is 0 Å². The molecule has 0 fully saturated rings. The van der Waals surface area contributed by atoms with Crippen molar-refractivity contribution in [2.45, 2.75) is 26.3 Å². The summed E-state index contributed by atoms with van der Waals surface area (Å²) in [6.07, 6.45) is 1.76. The molecule has 18 heavy (non-hydrogen) atoms. The molecule has 0 bridgehead atoms. The van der Waals surface area contributed by atoms with E-state index in [1.165, 1.54) is 6.07 Å². The van der Waals surface area contributed by atoms with Gasteiger partial charge in [0.25, 0.3) is 0 Å².